The summed E-state index contributed by atoms with van der Waals surface area (Å²) in [5, 5.41) is 6.83. The minimum Gasteiger partial charge on any atom is -0.444 e. The van der Waals surface area contributed by atoms with Crippen molar-refractivity contribution in [2.45, 2.75) is 26.4 Å². The van der Waals surface area contributed by atoms with E-state index in [1.807, 2.05) is 51.1 Å². The van der Waals surface area contributed by atoms with E-state index in [9.17, 15) is 9.59 Å². The number of ether oxygens (including phenoxy) is 2. The maximum absolute atomic E-state index is 12.5. The fourth-order valence-corrected chi connectivity index (χ4v) is 4.35. The zero-order valence-corrected chi connectivity index (χ0v) is 22.5. The number of piperazine rings is 1. The van der Waals surface area contributed by atoms with Crippen LogP contribution in [-0.4, -0.2) is 95.0 Å². The van der Waals surface area contributed by atoms with Gasteiger partial charge < -0.3 is 29.5 Å². The second kappa shape index (κ2) is 11.3. The number of nitrogens with one attached hydrogen (secondary N) is 2. The van der Waals surface area contributed by atoms with Gasteiger partial charge in [-0.25, -0.2) is 19.6 Å². The summed E-state index contributed by atoms with van der Waals surface area (Å²) in [6, 6.07) is 11.4. The Hall–Kier alpha value is -4.19. The summed E-state index contributed by atoms with van der Waals surface area (Å²) in [4.78, 5) is 44.0. The Morgan fingerprint density at radius 2 is 1.62 bits per heavy atom. The third-order valence-corrected chi connectivity index (χ3v) is 6.40. The third kappa shape index (κ3) is 6.82. The molecule has 206 valence electrons. The molecule has 2 fully saturated rings. The van der Waals surface area contributed by atoms with Gasteiger partial charge in [0.05, 0.1) is 13.2 Å². The number of morpholine rings is 1. The van der Waals surface area contributed by atoms with Crippen LogP contribution in [0.15, 0.2) is 42.6 Å². The lowest BCUT2D eigenvalue weighted by molar-refractivity contribution is 0.0240. The summed E-state index contributed by atoms with van der Waals surface area (Å²) in [5.41, 5.74) is 1.89. The summed E-state index contributed by atoms with van der Waals surface area (Å²) in [5.74, 6) is 0.838. The summed E-state index contributed by atoms with van der Waals surface area (Å²) >= 11 is 0. The van der Waals surface area contributed by atoms with Gasteiger partial charge in [0.2, 0.25) is 5.95 Å². The molecule has 0 unspecified atom stereocenters. The molecular formula is C27H34N8O4. The van der Waals surface area contributed by atoms with Crippen molar-refractivity contribution in [1.82, 2.24) is 24.8 Å². The molecule has 0 saturated carbocycles. The van der Waals surface area contributed by atoms with E-state index in [-0.39, 0.29) is 12.1 Å². The molecule has 39 heavy (non-hydrogen) atoms. The standard InChI is InChI=1S/C27H34N8O4/c1-27(2,3)39-26(37)35-12-10-33(11-13-35)21-7-5-20(6-8-21)29-24-28-18-19-4-9-22(30-23(19)32-24)31-25(36)34-14-16-38-17-15-34/h4-9,18H,10-17H2,1-3H3,(H2,28,29,30,31,32,36). The molecule has 0 radical (unpaired) electrons. The molecule has 0 bridgehead atoms. The Morgan fingerprint density at radius 1 is 0.897 bits per heavy atom. The number of pyridine rings is 1. The van der Waals surface area contributed by atoms with Gasteiger partial charge in [-0.15, -0.1) is 0 Å². The second-order valence-electron chi connectivity index (χ2n) is 10.5. The van der Waals surface area contributed by atoms with Crippen LogP contribution in [0.5, 0.6) is 0 Å². The first kappa shape index (κ1) is 26.4. The lowest BCUT2D eigenvalue weighted by Crippen LogP contribution is -2.50. The topological polar surface area (TPSA) is 125 Å². The van der Waals surface area contributed by atoms with Gasteiger partial charge in [0, 0.05) is 62.2 Å². The number of fused-ring (bicyclic) bond motifs is 1. The van der Waals surface area contributed by atoms with Crippen LogP contribution in [0.3, 0.4) is 0 Å². The van der Waals surface area contributed by atoms with Crippen molar-refractivity contribution in [3.63, 3.8) is 0 Å². The monoisotopic (exact) mass is 534 g/mol. The number of urea groups is 1. The van der Waals surface area contributed by atoms with Gasteiger partial charge in [-0.2, -0.15) is 4.98 Å². The number of nitrogens with zero attached hydrogens (tertiary/aromatic N) is 6. The molecule has 4 heterocycles. The Bertz CT molecular complexity index is 1310. The minimum atomic E-state index is -0.497. The second-order valence-corrected chi connectivity index (χ2v) is 10.5. The molecule has 12 nitrogen and oxygen atoms in total. The highest BCUT2D eigenvalue weighted by Gasteiger charge is 2.26. The minimum absolute atomic E-state index is 0.205. The van der Waals surface area contributed by atoms with E-state index >= 15 is 0 Å². The zero-order valence-electron chi connectivity index (χ0n) is 22.5. The summed E-state index contributed by atoms with van der Waals surface area (Å²) in [6.07, 6.45) is 1.43. The smallest absolute Gasteiger partial charge is 0.410 e. The zero-order chi connectivity index (χ0) is 27.4. The maximum atomic E-state index is 12.5. The van der Waals surface area contributed by atoms with Gasteiger partial charge in [0.15, 0.2) is 5.65 Å². The molecule has 2 aliphatic heterocycles. The van der Waals surface area contributed by atoms with Crippen LogP contribution in [0.25, 0.3) is 11.0 Å². The first-order valence-corrected chi connectivity index (χ1v) is 13.1. The van der Waals surface area contributed by atoms with Crippen molar-refractivity contribution in [2.24, 2.45) is 0 Å². The summed E-state index contributed by atoms with van der Waals surface area (Å²) in [6.45, 7) is 10.5. The normalized spacial score (nSPS) is 16.2. The first-order valence-electron chi connectivity index (χ1n) is 13.1. The quantitative estimate of drug-likeness (QED) is 0.515. The van der Waals surface area contributed by atoms with E-state index in [2.05, 4.69) is 30.5 Å². The fraction of sp³-hybridized carbons (Fsp3) is 0.444. The van der Waals surface area contributed by atoms with Crippen LogP contribution < -0.4 is 15.5 Å². The van der Waals surface area contributed by atoms with Crippen molar-refractivity contribution in [1.29, 1.82) is 0 Å². The van der Waals surface area contributed by atoms with Gasteiger partial charge in [-0.05, 0) is 57.2 Å². The van der Waals surface area contributed by atoms with Crippen molar-refractivity contribution in [2.75, 3.05) is 68.0 Å². The molecule has 0 aliphatic carbocycles. The van der Waals surface area contributed by atoms with Gasteiger partial charge in [-0.3, -0.25) is 5.32 Å². The van der Waals surface area contributed by atoms with E-state index < -0.39 is 5.60 Å². The van der Waals surface area contributed by atoms with Crippen LogP contribution in [0.4, 0.5) is 32.7 Å². The number of benzene rings is 1. The molecule has 2 aromatic heterocycles. The number of hydrogen-bond acceptors (Lipinski definition) is 9. The van der Waals surface area contributed by atoms with Crippen molar-refractivity contribution < 1.29 is 19.1 Å². The molecule has 0 atom stereocenters. The summed E-state index contributed by atoms with van der Waals surface area (Å²) < 4.78 is 10.8. The number of rotatable bonds is 4. The van der Waals surface area contributed by atoms with Crippen molar-refractivity contribution in [3.05, 3.63) is 42.6 Å². The van der Waals surface area contributed by atoms with Gasteiger partial charge in [0.1, 0.15) is 11.4 Å². The van der Waals surface area contributed by atoms with E-state index in [0.29, 0.717) is 56.8 Å². The van der Waals surface area contributed by atoms with Crippen LogP contribution in [-0.2, 0) is 9.47 Å². The van der Waals surface area contributed by atoms with Gasteiger partial charge in [-0.1, -0.05) is 0 Å². The highest BCUT2D eigenvalue weighted by molar-refractivity contribution is 5.90. The number of carbonyl (C=O) groups excluding carboxylic acids is 2. The van der Waals surface area contributed by atoms with E-state index in [0.717, 1.165) is 29.9 Å². The Labute approximate surface area is 227 Å². The third-order valence-electron chi connectivity index (χ3n) is 6.40. The highest BCUT2D eigenvalue weighted by atomic mass is 16.6. The molecular weight excluding hydrogens is 500 g/mol. The largest absolute Gasteiger partial charge is 0.444 e. The molecule has 3 aromatic rings. The number of amides is 3. The Morgan fingerprint density at radius 3 is 2.31 bits per heavy atom. The van der Waals surface area contributed by atoms with Gasteiger partial charge >= 0.3 is 12.1 Å². The number of anilines is 4. The molecule has 0 spiro atoms. The molecule has 2 saturated heterocycles. The van der Waals surface area contributed by atoms with E-state index in [1.54, 1.807) is 22.1 Å². The van der Waals surface area contributed by atoms with E-state index in [1.165, 1.54) is 0 Å². The first-order chi connectivity index (χ1) is 18.7. The van der Waals surface area contributed by atoms with Crippen LogP contribution in [0, 0.1) is 0 Å². The fourth-order valence-electron chi connectivity index (χ4n) is 4.35. The molecule has 2 N–H and O–H groups in total. The van der Waals surface area contributed by atoms with E-state index in [4.69, 9.17) is 9.47 Å². The van der Waals surface area contributed by atoms with Crippen LogP contribution in [0.2, 0.25) is 0 Å². The highest BCUT2D eigenvalue weighted by Crippen LogP contribution is 2.23. The average molecular weight is 535 g/mol. The molecule has 2 aliphatic rings. The molecule has 3 amide bonds. The van der Waals surface area contributed by atoms with Crippen LogP contribution >= 0.6 is 0 Å². The van der Waals surface area contributed by atoms with Crippen LogP contribution in [0.1, 0.15) is 20.8 Å². The predicted octanol–water partition coefficient (Wildman–Crippen LogP) is 3.69. The Balaban J connectivity index is 1.18. The lowest BCUT2D eigenvalue weighted by Gasteiger charge is -2.36. The lowest BCUT2D eigenvalue weighted by atomic mass is 10.2. The van der Waals surface area contributed by atoms with Crippen molar-refractivity contribution in [3.8, 4) is 0 Å². The molecule has 1 aromatic carbocycles. The predicted molar refractivity (Wildman–Crippen MR) is 148 cm³/mol. The maximum Gasteiger partial charge on any atom is 0.410 e. The molecule has 5 rings (SSSR count). The molecule has 12 heteroatoms. The van der Waals surface area contributed by atoms with Crippen molar-refractivity contribution >= 4 is 46.3 Å². The number of aromatic nitrogens is 3. The Kier molecular flexibility index (Phi) is 7.64. The van der Waals surface area contributed by atoms with Gasteiger partial charge in [0.25, 0.3) is 0 Å². The summed E-state index contributed by atoms with van der Waals surface area (Å²) in [7, 11) is 0. The SMILES string of the molecule is CC(C)(C)OC(=O)N1CCN(c2ccc(Nc3ncc4ccc(NC(=O)N5CCOCC5)nc4n3)cc2)CC1. The number of carbonyl (C=O) groups is 2. The number of hydrogen-bond donors (Lipinski definition) is 2. The average Bonchev–Trinajstić information content (AvgIpc) is 2.93.